The minimum Gasteiger partial charge on any atom is -0.467 e. The molecule has 0 amide bonds. The molecule has 0 radical (unpaired) electrons. The lowest BCUT2D eigenvalue weighted by Gasteiger charge is -2.23. The van der Waals surface area contributed by atoms with E-state index < -0.39 is 48.5 Å². The Morgan fingerprint density at radius 3 is 2.97 bits per heavy atom. The van der Waals surface area contributed by atoms with E-state index >= 15 is 0 Å². The van der Waals surface area contributed by atoms with Crippen LogP contribution in [-0.4, -0.2) is 75.5 Å². The van der Waals surface area contributed by atoms with Crippen LogP contribution in [0.15, 0.2) is 22.2 Å². The van der Waals surface area contributed by atoms with Crippen LogP contribution in [0.4, 0.5) is 10.2 Å². The maximum absolute atomic E-state index is 14.5. The molecule has 0 spiro atoms. The molecule has 1 aromatic heterocycles. The van der Waals surface area contributed by atoms with Gasteiger partial charge in [0, 0.05) is 11.1 Å². The van der Waals surface area contributed by atoms with E-state index in [9.17, 15) is 24.2 Å². The minimum atomic E-state index is -2.26. The topological polar surface area (TPSA) is 172 Å². The number of carbonyl (C=O) groups is 1. The van der Waals surface area contributed by atoms with Crippen molar-refractivity contribution >= 4 is 23.5 Å². The molecule has 1 saturated heterocycles. The van der Waals surface area contributed by atoms with Crippen LogP contribution in [0.1, 0.15) is 12.6 Å². The Hall–Kier alpha value is -2.38. The normalized spacial score (nSPS) is 27.1. The van der Waals surface area contributed by atoms with Crippen LogP contribution in [0.25, 0.3) is 10.4 Å². The van der Waals surface area contributed by atoms with Crippen LogP contribution < -0.4 is 11.0 Å². The molecule has 2 heterocycles. The summed E-state index contributed by atoms with van der Waals surface area (Å²) in [5, 5.41) is 25.3. The van der Waals surface area contributed by atoms with Crippen molar-refractivity contribution in [1.29, 1.82) is 0 Å². The number of hydrogen-bond acceptors (Lipinski definition) is 10. The zero-order chi connectivity index (χ0) is 21.6. The summed E-state index contributed by atoms with van der Waals surface area (Å²) in [5.74, 6) is 0.183. The molecule has 12 nitrogen and oxygen atoms in total. The number of nitrogens with zero attached hydrogens (tertiary/aromatic N) is 5. The van der Waals surface area contributed by atoms with Gasteiger partial charge in [0.15, 0.2) is 12.4 Å². The number of esters is 1. The molecule has 0 unspecified atom stereocenters. The number of methoxy groups -OCH3 is 1. The molecule has 160 valence electrons. The molecule has 1 aliphatic rings. The van der Waals surface area contributed by atoms with Crippen molar-refractivity contribution in [3.05, 3.63) is 33.2 Å². The quantitative estimate of drug-likeness (QED) is 0.213. The number of ether oxygens (including phenoxy) is 2. The van der Waals surface area contributed by atoms with Gasteiger partial charge in [0.1, 0.15) is 18.0 Å². The van der Waals surface area contributed by atoms with Crippen molar-refractivity contribution in [2.75, 3.05) is 31.0 Å². The number of alkyl halides is 1. The van der Waals surface area contributed by atoms with E-state index in [1.165, 1.54) is 24.9 Å². The first-order valence-electron chi connectivity index (χ1n) is 8.43. The van der Waals surface area contributed by atoms with E-state index in [-0.39, 0.29) is 5.82 Å². The number of aromatic nitrogens is 2. The lowest BCUT2D eigenvalue weighted by Crippen LogP contribution is -2.43. The lowest BCUT2D eigenvalue weighted by atomic mass is 10.1. The fourth-order valence-corrected chi connectivity index (χ4v) is 3.24. The number of azide groups is 1. The number of rotatable bonds is 9. The fourth-order valence-electron chi connectivity index (χ4n) is 2.77. The van der Waals surface area contributed by atoms with E-state index in [1.54, 1.807) is 0 Å². The maximum atomic E-state index is 14.5. The summed E-state index contributed by atoms with van der Waals surface area (Å²) in [6, 6.07) is 0.575. The Morgan fingerprint density at radius 2 is 2.41 bits per heavy atom. The molecular weight excluding hydrogens is 411 g/mol. The molecule has 2 rings (SSSR count). The third-order valence-corrected chi connectivity index (χ3v) is 4.97. The van der Waals surface area contributed by atoms with Crippen molar-refractivity contribution < 1.29 is 28.9 Å². The molecule has 29 heavy (non-hydrogen) atoms. The predicted octanol–water partition coefficient (Wildman–Crippen LogP) is 0.177. The number of carbonyl (C=O) groups excluding carboxylic acids is 1. The third-order valence-electron chi connectivity index (χ3n) is 4.32. The van der Waals surface area contributed by atoms with Gasteiger partial charge in [-0.1, -0.05) is 5.11 Å². The van der Waals surface area contributed by atoms with Gasteiger partial charge in [-0.25, -0.2) is 14.0 Å². The van der Waals surface area contributed by atoms with Crippen LogP contribution in [0.2, 0.25) is 0 Å². The number of halogens is 1. The predicted molar refractivity (Wildman–Crippen MR) is 101 cm³/mol. The highest BCUT2D eigenvalue weighted by atomic mass is 32.2. The van der Waals surface area contributed by atoms with Gasteiger partial charge in [-0.2, -0.15) is 16.7 Å². The van der Waals surface area contributed by atoms with Gasteiger partial charge >= 0.3 is 11.7 Å². The monoisotopic (exact) mass is 432 g/mol. The summed E-state index contributed by atoms with van der Waals surface area (Å²) < 4.78 is 25.2. The van der Waals surface area contributed by atoms with Crippen LogP contribution in [0.5, 0.6) is 0 Å². The number of thioether (sulfide) groups is 1. The van der Waals surface area contributed by atoms with Crippen LogP contribution in [0, 0.1) is 0 Å². The first-order valence-corrected chi connectivity index (χ1v) is 9.82. The maximum Gasteiger partial charge on any atom is 0.351 e. The second kappa shape index (κ2) is 9.89. The van der Waals surface area contributed by atoms with Crippen molar-refractivity contribution in [2.45, 2.75) is 36.7 Å². The largest absolute Gasteiger partial charge is 0.467 e. The van der Waals surface area contributed by atoms with Crippen molar-refractivity contribution in [2.24, 2.45) is 5.11 Å². The average molecular weight is 432 g/mol. The van der Waals surface area contributed by atoms with E-state index in [2.05, 4.69) is 20.3 Å². The van der Waals surface area contributed by atoms with Crippen molar-refractivity contribution in [1.82, 2.24) is 9.55 Å². The Kier molecular flexibility index (Phi) is 7.81. The van der Waals surface area contributed by atoms with E-state index in [1.807, 2.05) is 6.26 Å². The highest BCUT2D eigenvalue weighted by Gasteiger charge is 2.56. The molecule has 0 aliphatic carbocycles. The van der Waals surface area contributed by atoms with Crippen molar-refractivity contribution in [3.63, 3.8) is 0 Å². The molecule has 1 fully saturated rings. The number of anilines is 1. The third kappa shape index (κ3) is 4.79. The molecule has 1 aromatic rings. The average Bonchev–Trinajstić information content (AvgIpc) is 2.96. The molecule has 3 N–H and O–H groups in total. The summed E-state index contributed by atoms with van der Waals surface area (Å²) in [6.45, 7) is -0.993. The molecule has 0 bridgehead atoms. The summed E-state index contributed by atoms with van der Waals surface area (Å²) in [4.78, 5) is 30.4. The number of hydrogen-bond donors (Lipinski definition) is 3. The van der Waals surface area contributed by atoms with Gasteiger partial charge in [0.2, 0.25) is 5.72 Å². The second-order valence-corrected chi connectivity index (χ2v) is 7.08. The second-order valence-electron chi connectivity index (χ2n) is 6.09. The van der Waals surface area contributed by atoms with Gasteiger partial charge in [0.05, 0.1) is 13.7 Å². The van der Waals surface area contributed by atoms with E-state index in [4.69, 9.17) is 15.0 Å². The van der Waals surface area contributed by atoms with Gasteiger partial charge in [0.25, 0.3) is 0 Å². The summed E-state index contributed by atoms with van der Waals surface area (Å²) in [5.41, 5.74) is 5.38. The lowest BCUT2D eigenvalue weighted by molar-refractivity contribution is -0.141. The SMILES string of the molecule is COC(=O)[C@H](CCSC)Nc1ccn([C@@H]2O[C@@](CO)(N=[N+]=[N-])[C@@H](O)[C@@H]2F)c(=O)n1. The fraction of sp³-hybridized carbons (Fsp3) is 0.667. The molecule has 14 heteroatoms. The Bertz CT molecular complexity index is 836. The number of aliphatic hydroxyl groups is 2. The van der Waals surface area contributed by atoms with Crippen molar-refractivity contribution in [3.8, 4) is 0 Å². The standard InChI is InChI=1S/C15H21FN6O6S/c1-27-13(25)8(4-6-29-2)18-9-3-5-22(14(26)19-9)12-10(16)11(24)15(7-23,28-12)20-21-17/h3,5,8,10-12,23-24H,4,6-7H2,1-2H3,(H,18,19,26)/t8-,10-,11-,12+,15+/m0/s1. The summed E-state index contributed by atoms with van der Waals surface area (Å²) in [7, 11) is 1.24. The smallest absolute Gasteiger partial charge is 0.351 e. The number of aliphatic hydroxyl groups excluding tert-OH is 2. The zero-order valence-corrected chi connectivity index (χ0v) is 16.5. The van der Waals surface area contributed by atoms with Gasteiger partial charge < -0.3 is 25.0 Å². The minimum absolute atomic E-state index is 0.0557. The van der Waals surface area contributed by atoms with Gasteiger partial charge in [-0.05, 0) is 30.0 Å². The van der Waals surface area contributed by atoms with Crippen LogP contribution in [0.3, 0.4) is 0 Å². The molecule has 5 atom stereocenters. The molecular formula is C15H21FN6O6S. The Balaban J connectivity index is 2.26. The first-order chi connectivity index (χ1) is 13.8. The Labute approximate surface area is 168 Å². The number of nitrogens with one attached hydrogen (secondary N) is 1. The van der Waals surface area contributed by atoms with Gasteiger partial charge in [-0.15, -0.1) is 0 Å². The Morgan fingerprint density at radius 1 is 1.69 bits per heavy atom. The van der Waals surface area contributed by atoms with Crippen LogP contribution >= 0.6 is 11.8 Å². The van der Waals surface area contributed by atoms with Gasteiger partial charge in [-0.3, -0.25) is 4.57 Å². The molecule has 0 saturated carbocycles. The highest BCUT2D eigenvalue weighted by molar-refractivity contribution is 7.98. The highest BCUT2D eigenvalue weighted by Crippen LogP contribution is 2.39. The van der Waals surface area contributed by atoms with E-state index in [0.717, 1.165) is 10.8 Å². The molecule has 0 aromatic carbocycles. The van der Waals surface area contributed by atoms with Crippen LogP contribution in [-0.2, 0) is 14.3 Å². The molecule has 1 aliphatic heterocycles. The summed E-state index contributed by atoms with van der Waals surface area (Å²) >= 11 is 1.53. The van der Waals surface area contributed by atoms with E-state index in [0.29, 0.717) is 12.2 Å². The zero-order valence-electron chi connectivity index (χ0n) is 15.6. The first kappa shape index (κ1) is 22.9. The summed E-state index contributed by atoms with van der Waals surface area (Å²) in [6.07, 6.45) is -2.39.